The number of aryl methyl sites for hydroxylation is 1. The average Bonchev–Trinajstić information content (AvgIpc) is 3.23. The summed E-state index contributed by atoms with van der Waals surface area (Å²) in [6.07, 6.45) is 3.97. The highest BCUT2D eigenvalue weighted by Gasteiger charge is 2.24. The van der Waals surface area contributed by atoms with Crippen LogP contribution in [-0.4, -0.2) is 53.0 Å². The largest absolute Gasteiger partial charge is 0.464 e. The van der Waals surface area contributed by atoms with Gasteiger partial charge >= 0.3 is 5.97 Å². The van der Waals surface area contributed by atoms with E-state index >= 15 is 0 Å². The third-order valence-electron chi connectivity index (χ3n) is 5.49. The van der Waals surface area contributed by atoms with E-state index in [1.165, 1.54) is 19.2 Å². The second kappa shape index (κ2) is 9.53. The van der Waals surface area contributed by atoms with Crippen molar-refractivity contribution in [2.75, 3.05) is 32.1 Å². The van der Waals surface area contributed by atoms with Gasteiger partial charge in [0, 0.05) is 50.4 Å². The van der Waals surface area contributed by atoms with Gasteiger partial charge in [-0.15, -0.1) is 0 Å². The molecule has 1 aliphatic heterocycles. The Bertz CT molecular complexity index is 931. The Kier molecular flexibility index (Phi) is 6.83. The molecule has 0 unspecified atom stereocenters. The van der Waals surface area contributed by atoms with Gasteiger partial charge in [0.25, 0.3) is 5.69 Å². The molecule has 1 aliphatic rings. The Balaban J connectivity index is 1.49. The summed E-state index contributed by atoms with van der Waals surface area (Å²) in [5, 5.41) is 13.7. The third kappa shape index (κ3) is 5.04. The Morgan fingerprint density at radius 1 is 1.27 bits per heavy atom. The summed E-state index contributed by atoms with van der Waals surface area (Å²) < 4.78 is 6.81. The molecule has 0 bridgehead atoms. The van der Waals surface area contributed by atoms with Crippen LogP contribution in [0.1, 0.15) is 41.4 Å². The number of rotatable bonds is 7. The van der Waals surface area contributed by atoms with Crippen LogP contribution in [0, 0.1) is 17.0 Å². The number of aromatic nitrogens is 1. The molecule has 0 spiro atoms. The van der Waals surface area contributed by atoms with Gasteiger partial charge in [-0.3, -0.25) is 14.9 Å². The number of nitro benzene ring substituents is 1. The number of hydrogen-bond acceptors (Lipinski definition) is 6. The van der Waals surface area contributed by atoms with Crippen LogP contribution in [0.25, 0.3) is 0 Å². The maximum Gasteiger partial charge on any atom is 0.354 e. The van der Waals surface area contributed by atoms with E-state index in [0.29, 0.717) is 24.3 Å². The lowest BCUT2D eigenvalue weighted by Gasteiger charge is -2.33. The van der Waals surface area contributed by atoms with E-state index in [0.717, 1.165) is 31.5 Å². The maximum absolute atomic E-state index is 12.3. The van der Waals surface area contributed by atoms with Crippen LogP contribution in [0.15, 0.2) is 36.5 Å². The normalized spacial score (nSPS) is 15.0. The van der Waals surface area contributed by atoms with E-state index in [1.807, 2.05) is 16.8 Å². The zero-order valence-electron chi connectivity index (χ0n) is 17.2. The fourth-order valence-electron chi connectivity index (χ4n) is 3.74. The molecule has 160 valence electrons. The van der Waals surface area contributed by atoms with Gasteiger partial charge in [-0.1, -0.05) is 6.07 Å². The van der Waals surface area contributed by atoms with Gasteiger partial charge in [0.2, 0.25) is 5.91 Å². The van der Waals surface area contributed by atoms with Crippen LogP contribution in [0.4, 0.5) is 11.4 Å². The van der Waals surface area contributed by atoms with Crippen molar-refractivity contribution in [3.05, 3.63) is 57.9 Å². The number of piperidine rings is 1. The molecular weight excluding hydrogens is 388 g/mol. The monoisotopic (exact) mass is 414 g/mol. The number of amides is 1. The zero-order valence-corrected chi connectivity index (χ0v) is 17.2. The number of nitrogens with one attached hydrogen (secondary N) is 1. The predicted molar refractivity (Wildman–Crippen MR) is 112 cm³/mol. The quantitative estimate of drug-likeness (QED) is 0.424. The first-order valence-corrected chi connectivity index (χ1v) is 9.91. The average molecular weight is 414 g/mol. The Hall–Kier alpha value is -3.20. The van der Waals surface area contributed by atoms with E-state index in [-0.39, 0.29) is 23.6 Å². The molecular formula is C21H26N4O5. The number of anilines is 1. The van der Waals surface area contributed by atoms with E-state index in [2.05, 4.69) is 10.2 Å². The van der Waals surface area contributed by atoms with Crippen molar-refractivity contribution < 1.29 is 19.2 Å². The summed E-state index contributed by atoms with van der Waals surface area (Å²) in [7, 11) is 1.38. The van der Waals surface area contributed by atoms with Crippen LogP contribution < -0.4 is 5.32 Å². The molecule has 9 heteroatoms. The summed E-state index contributed by atoms with van der Waals surface area (Å²) in [5.41, 5.74) is 1.76. The van der Waals surface area contributed by atoms with Crippen molar-refractivity contribution in [3.8, 4) is 0 Å². The number of nitro groups is 1. The topological polar surface area (TPSA) is 107 Å². The van der Waals surface area contributed by atoms with Crippen LogP contribution in [0.3, 0.4) is 0 Å². The number of likely N-dealkylation sites (tertiary alicyclic amines) is 1. The highest BCUT2D eigenvalue weighted by Crippen LogP contribution is 2.25. The van der Waals surface area contributed by atoms with Crippen LogP contribution in [0.2, 0.25) is 0 Å². The summed E-state index contributed by atoms with van der Waals surface area (Å²) in [5.74, 6) is -0.505. The molecule has 1 saturated heterocycles. The van der Waals surface area contributed by atoms with Crippen molar-refractivity contribution in [1.82, 2.24) is 9.47 Å². The van der Waals surface area contributed by atoms with Gasteiger partial charge in [0.1, 0.15) is 5.69 Å². The summed E-state index contributed by atoms with van der Waals surface area (Å²) in [6.45, 7) is 4.06. The van der Waals surface area contributed by atoms with Crippen LogP contribution in [0.5, 0.6) is 0 Å². The lowest BCUT2D eigenvalue weighted by molar-refractivity contribution is -0.384. The smallest absolute Gasteiger partial charge is 0.354 e. The van der Waals surface area contributed by atoms with E-state index in [9.17, 15) is 19.7 Å². The SMILES string of the molecule is COC(=O)c1cccn1C1CCN(CCC(=O)Nc2cc([N+](=O)[O-])ccc2C)CC1. The fourth-order valence-corrected chi connectivity index (χ4v) is 3.74. The van der Waals surface area contributed by atoms with Crippen molar-refractivity contribution in [1.29, 1.82) is 0 Å². The van der Waals surface area contributed by atoms with Crippen molar-refractivity contribution in [3.63, 3.8) is 0 Å². The van der Waals surface area contributed by atoms with Gasteiger partial charge < -0.3 is 19.5 Å². The molecule has 9 nitrogen and oxygen atoms in total. The van der Waals surface area contributed by atoms with Gasteiger partial charge in [-0.2, -0.15) is 0 Å². The van der Waals surface area contributed by atoms with Crippen molar-refractivity contribution in [2.45, 2.75) is 32.2 Å². The molecule has 3 rings (SSSR count). The molecule has 0 aliphatic carbocycles. The zero-order chi connectivity index (χ0) is 21.7. The molecule has 1 aromatic carbocycles. The minimum atomic E-state index is -0.477. The number of nitrogens with zero attached hydrogens (tertiary/aromatic N) is 3. The molecule has 0 saturated carbocycles. The van der Waals surface area contributed by atoms with E-state index in [4.69, 9.17) is 4.74 Å². The third-order valence-corrected chi connectivity index (χ3v) is 5.49. The number of methoxy groups -OCH3 is 1. The van der Waals surface area contributed by atoms with E-state index in [1.54, 1.807) is 19.1 Å². The number of ether oxygens (including phenoxy) is 1. The van der Waals surface area contributed by atoms with Crippen molar-refractivity contribution in [2.24, 2.45) is 0 Å². The lowest BCUT2D eigenvalue weighted by atomic mass is 10.0. The number of non-ortho nitro benzene ring substituents is 1. The van der Waals surface area contributed by atoms with Gasteiger partial charge in [-0.25, -0.2) is 4.79 Å². The second-order valence-corrected chi connectivity index (χ2v) is 7.42. The molecule has 1 fully saturated rings. The Labute approximate surface area is 174 Å². The summed E-state index contributed by atoms with van der Waals surface area (Å²) >= 11 is 0. The second-order valence-electron chi connectivity index (χ2n) is 7.42. The first-order valence-electron chi connectivity index (χ1n) is 9.91. The number of esters is 1. The fraction of sp³-hybridized carbons (Fsp3) is 0.429. The van der Waals surface area contributed by atoms with Crippen LogP contribution in [-0.2, 0) is 9.53 Å². The predicted octanol–water partition coefficient (Wildman–Crippen LogP) is 3.16. The molecule has 2 heterocycles. The van der Waals surface area contributed by atoms with Gasteiger partial charge in [-0.05, 0) is 37.5 Å². The highest BCUT2D eigenvalue weighted by atomic mass is 16.6. The first-order chi connectivity index (χ1) is 14.4. The highest BCUT2D eigenvalue weighted by molar-refractivity contribution is 5.92. The Morgan fingerprint density at radius 2 is 2.00 bits per heavy atom. The minimum absolute atomic E-state index is 0.0469. The molecule has 1 aromatic heterocycles. The van der Waals surface area contributed by atoms with Crippen molar-refractivity contribution >= 4 is 23.3 Å². The Morgan fingerprint density at radius 3 is 2.67 bits per heavy atom. The first kappa shape index (κ1) is 21.5. The molecule has 0 atom stereocenters. The molecule has 30 heavy (non-hydrogen) atoms. The maximum atomic E-state index is 12.3. The molecule has 0 radical (unpaired) electrons. The standard InChI is InChI=1S/C21H26N4O5/c1-15-5-6-17(25(28)29)14-18(15)22-20(26)9-13-23-11-7-16(8-12-23)24-10-3-4-19(24)21(27)30-2/h3-6,10,14,16H,7-9,11-13H2,1-2H3,(H,22,26). The number of carbonyl (C=O) groups is 2. The minimum Gasteiger partial charge on any atom is -0.464 e. The van der Waals surface area contributed by atoms with E-state index < -0.39 is 4.92 Å². The molecule has 2 aromatic rings. The van der Waals surface area contributed by atoms with Crippen LogP contribution >= 0.6 is 0 Å². The lowest BCUT2D eigenvalue weighted by Crippen LogP contribution is -2.37. The summed E-state index contributed by atoms with van der Waals surface area (Å²) in [6, 6.07) is 8.27. The number of hydrogen-bond donors (Lipinski definition) is 1. The molecule has 1 amide bonds. The van der Waals surface area contributed by atoms with Gasteiger partial charge in [0.15, 0.2) is 0 Å². The molecule has 1 N–H and O–H groups in total. The number of benzene rings is 1. The van der Waals surface area contributed by atoms with Gasteiger partial charge in [0.05, 0.1) is 17.7 Å². The number of carbonyl (C=O) groups excluding carboxylic acids is 2. The summed E-state index contributed by atoms with van der Waals surface area (Å²) in [4.78, 5) is 36.9.